The van der Waals surface area contributed by atoms with Crippen molar-refractivity contribution in [3.05, 3.63) is 68.7 Å². The van der Waals surface area contributed by atoms with Crippen LogP contribution in [-0.4, -0.2) is 29.8 Å². The van der Waals surface area contributed by atoms with Crippen molar-refractivity contribution in [3.63, 3.8) is 0 Å². The van der Waals surface area contributed by atoms with E-state index in [4.69, 9.17) is 34.8 Å². The molecule has 0 aliphatic carbocycles. The fourth-order valence-electron chi connectivity index (χ4n) is 3.14. The van der Waals surface area contributed by atoms with Crippen molar-refractivity contribution in [2.24, 2.45) is 5.92 Å². The molecule has 0 atom stereocenters. The second kappa shape index (κ2) is 8.96. The molecule has 0 unspecified atom stereocenters. The molecule has 1 heterocycles. The Morgan fingerprint density at radius 3 is 2.37 bits per heavy atom. The molecule has 2 aromatic rings. The predicted octanol–water partition coefficient (Wildman–Crippen LogP) is 4.82. The summed E-state index contributed by atoms with van der Waals surface area (Å²) in [5.41, 5.74) is 1.39. The van der Waals surface area contributed by atoms with Crippen molar-refractivity contribution in [2.75, 3.05) is 13.1 Å². The Hall–Kier alpha value is -1.75. The molecule has 0 aromatic heterocycles. The number of nitrogens with one attached hydrogen (secondary N) is 1. The lowest BCUT2D eigenvalue weighted by atomic mass is 9.95. The van der Waals surface area contributed by atoms with E-state index in [1.54, 1.807) is 47.4 Å². The van der Waals surface area contributed by atoms with E-state index >= 15 is 0 Å². The summed E-state index contributed by atoms with van der Waals surface area (Å²) in [6, 6.07) is 12.1. The smallest absolute Gasteiger partial charge is 0.253 e. The third-order valence-corrected chi connectivity index (χ3v) is 5.51. The van der Waals surface area contributed by atoms with Crippen LogP contribution in [-0.2, 0) is 11.3 Å². The van der Waals surface area contributed by atoms with Crippen LogP contribution >= 0.6 is 34.8 Å². The van der Waals surface area contributed by atoms with Crippen molar-refractivity contribution >= 4 is 46.6 Å². The number of carbonyl (C=O) groups is 2. The first-order valence-corrected chi connectivity index (χ1v) is 9.84. The SMILES string of the molecule is O=C(NCc1ccc(Cl)cc1Cl)C1CCN(C(=O)c2cccc(Cl)c2)CC1. The Kier molecular flexibility index (Phi) is 6.64. The fraction of sp³-hybridized carbons (Fsp3) is 0.300. The van der Waals surface area contributed by atoms with Gasteiger partial charge in [0.25, 0.3) is 5.91 Å². The lowest BCUT2D eigenvalue weighted by Crippen LogP contribution is -2.42. The molecule has 0 radical (unpaired) electrons. The number of amides is 2. The largest absolute Gasteiger partial charge is 0.352 e. The van der Waals surface area contributed by atoms with Crippen LogP contribution < -0.4 is 5.32 Å². The summed E-state index contributed by atoms with van der Waals surface area (Å²) < 4.78 is 0. The highest BCUT2D eigenvalue weighted by atomic mass is 35.5. The lowest BCUT2D eigenvalue weighted by molar-refractivity contribution is -0.126. The number of piperidine rings is 1. The number of nitrogens with zero attached hydrogens (tertiary/aromatic N) is 1. The molecule has 142 valence electrons. The zero-order valence-corrected chi connectivity index (χ0v) is 16.8. The molecule has 7 heteroatoms. The normalized spacial score (nSPS) is 14.9. The maximum absolute atomic E-state index is 12.5. The van der Waals surface area contributed by atoms with Gasteiger partial charge in [0, 0.05) is 46.2 Å². The van der Waals surface area contributed by atoms with Crippen LogP contribution in [0.3, 0.4) is 0 Å². The Balaban J connectivity index is 1.51. The van der Waals surface area contributed by atoms with E-state index in [9.17, 15) is 9.59 Å². The standard InChI is InChI=1S/C20H19Cl3N2O2/c21-16-3-1-2-14(10-16)20(27)25-8-6-13(7-9-25)19(26)24-12-15-4-5-17(22)11-18(15)23/h1-5,10-11,13H,6-9,12H2,(H,24,26). The van der Waals surface area contributed by atoms with Gasteiger partial charge in [-0.15, -0.1) is 0 Å². The van der Waals surface area contributed by atoms with Crippen molar-refractivity contribution in [2.45, 2.75) is 19.4 Å². The minimum atomic E-state index is -0.112. The second-order valence-electron chi connectivity index (χ2n) is 6.53. The Bertz CT molecular complexity index is 849. The maximum Gasteiger partial charge on any atom is 0.253 e. The molecular weight excluding hydrogens is 407 g/mol. The molecule has 2 aromatic carbocycles. The average Bonchev–Trinajstić information content (AvgIpc) is 2.66. The first kappa shape index (κ1) is 20.0. The molecule has 1 aliphatic rings. The molecule has 0 bridgehead atoms. The van der Waals surface area contributed by atoms with E-state index < -0.39 is 0 Å². The number of hydrogen-bond acceptors (Lipinski definition) is 2. The van der Waals surface area contributed by atoms with E-state index in [2.05, 4.69) is 5.32 Å². The van der Waals surface area contributed by atoms with Crippen molar-refractivity contribution in [3.8, 4) is 0 Å². The summed E-state index contributed by atoms with van der Waals surface area (Å²) in [7, 11) is 0. The van der Waals surface area contributed by atoms with Gasteiger partial charge in [-0.05, 0) is 48.7 Å². The summed E-state index contributed by atoms with van der Waals surface area (Å²) in [6.07, 6.45) is 1.26. The molecule has 2 amide bonds. The molecule has 0 spiro atoms. The van der Waals surface area contributed by atoms with Crippen LogP contribution in [0.15, 0.2) is 42.5 Å². The van der Waals surface area contributed by atoms with Gasteiger partial charge in [0.2, 0.25) is 5.91 Å². The topological polar surface area (TPSA) is 49.4 Å². The molecule has 3 rings (SSSR count). The van der Waals surface area contributed by atoms with Gasteiger partial charge < -0.3 is 10.2 Å². The zero-order valence-electron chi connectivity index (χ0n) is 14.6. The van der Waals surface area contributed by atoms with Gasteiger partial charge in [0.05, 0.1) is 0 Å². The number of halogens is 3. The molecule has 4 nitrogen and oxygen atoms in total. The number of hydrogen-bond donors (Lipinski definition) is 1. The van der Waals surface area contributed by atoms with E-state index in [-0.39, 0.29) is 17.7 Å². The summed E-state index contributed by atoms with van der Waals surface area (Å²) in [6.45, 7) is 1.45. The van der Waals surface area contributed by atoms with Crippen molar-refractivity contribution in [1.29, 1.82) is 0 Å². The van der Waals surface area contributed by atoms with E-state index in [1.807, 2.05) is 0 Å². The molecule has 1 N–H and O–H groups in total. The highest BCUT2D eigenvalue weighted by Crippen LogP contribution is 2.23. The third kappa shape index (κ3) is 5.16. The average molecular weight is 426 g/mol. The maximum atomic E-state index is 12.5. The quantitative estimate of drug-likeness (QED) is 0.764. The van der Waals surface area contributed by atoms with Crippen LogP contribution in [0.2, 0.25) is 15.1 Å². The Morgan fingerprint density at radius 1 is 1.00 bits per heavy atom. The van der Waals surface area contributed by atoms with Gasteiger partial charge in [-0.2, -0.15) is 0 Å². The van der Waals surface area contributed by atoms with Crippen LogP contribution in [0.25, 0.3) is 0 Å². The van der Waals surface area contributed by atoms with E-state index in [0.29, 0.717) is 53.1 Å². The molecule has 1 fully saturated rings. The van der Waals surface area contributed by atoms with Crippen molar-refractivity contribution < 1.29 is 9.59 Å². The molecule has 0 saturated carbocycles. The van der Waals surface area contributed by atoms with E-state index in [0.717, 1.165) is 5.56 Å². The highest BCUT2D eigenvalue weighted by molar-refractivity contribution is 6.35. The van der Waals surface area contributed by atoms with E-state index in [1.165, 1.54) is 0 Å². The monoisotopic (exact) mass is 424 g/mol. The second-order valence-corrected chi connectivity index (χ2v) is 7.81. The summed E-state index contributed by atoms with van der Waals surface area (Å²) >= 11 is 18.0. The summed E-state index contributed by atoms with van der Waals surface area (Å²) in [5, 5.41) is 4.56. The number of benzene rings is 2. The van der Waals surface area contributed by atoms with Crippen LogP contribution in [0.1, 0.15) is 28.8 Å². The van der Waals surface area contributed by atoms with Crippen LogP contribution in [0, 0.1) is 5.92 Å². The molecule has 27 heavy (non-hydrogen) atoms. The van der Waals surface area contributed by atoms with Crippen molar-refractivity contribution in [1.82, 2.24) is 10.2 Å². The zero-order chi connectivity index (χ0) is 19.4. The van der Waals surface area contributed by atoms with Gasteiger partial charge in [-0.25, -0.2) is 0 Å². The van der Waals surface area contributed by atoms with Gasteiger partial charge >= 0.3 is 0 Å². The van der Waals surface area contributed by atoms with Gasteiger partial charge in [0.1, 0.15) is 0 Å². The van der Waals surface area contributed by atoms with Gasteiger partial charge in [-0.1, -0.05) is 46.9 Å². The lowest BCUT2D eigenvalue weighted by Gasteiger charge is -2.31. The number of carbonyl (C=O) groups excluding carboxylic acids is 2. The van der Waals surface area contributed by atoms with Crippen LogP contribution in [0.4, 0.5) is 0 Å². The fourth-order valence-corrected chi connectivity index (χ4v) is 3.81. The number of rotatable bonds is 4. The number of likely N-dealkylation sites (tertiary alicyclic amines) is 1. The highest BCUT2D eigenvalue weighted by Gasteiger charge is 2.27. The predicted molar refractivity (Wildman–Crippen MR) is 108 cm³/mol. The Morgan fingerprint density at radius 2 is 1.70 bits per heavy atom. The molecule has 1 saturated heterocycles. The van der Waals surface area contributed by atoms with Gasteiger partial charge in [0.15, 0.2) is 0 Å². The first-order chi connectivity index (χ1) is 12.9. The molecular formula is C20H19Cl3N2O2. The Labute approximate surface area is 173 Å². The minimum Gasteiger partial charge on any atom is -0.352 e. The summed E-state index contributed by atoms with van der Waals surface area (Å²) in [4.78, 5) is 26.8. The first-order valence-electron chi connectivity index (χ1n) is 8.70. The third-order valence-electron chi connectivity index (χ3n) is 4.69. The minimum absolute atomic E-state index is 0.0177. The summed E-state index contributed by atoms with van der Waals surface area (Å²) in [5.74, 6) is -0.181. The van der Waals surface area contributed by atoms with Crippen LogP contribution in [0.5, 0.6) is 0 Å². The van der Waals surface area contributed by atoms with Gasteiger partial charge in [-0.3, -0.25) is 9.59 Å². The molecule has 1 aliphatic heterocycles.